The van der Waals surface area contributed by atoms with Crippen LogP contribution in [0.3, 0.4) is 0 Å². The molecule has 0 aromatic carbocycles. The van der Waals surface area contributed by atoms with Gasteiger partial charge in [-0.2, -0.15) is 0 Å². The summed E-state index contributed by atoms with van der Waals surface area (Å²) < 4.78 is 33.6. The Balaban J connectivity index is 2.47. The SMILES string of the molecule is CCCCCCCC(=O)O[C@H]1/C(=C/C(=O)OC)C[C@@H](C[C@@H](OC(C)=O)[C@@H](C)O)O[C@@]1(O)C(C)(C)/C=C/C1OCCCO1. The Morgan fingerprint density at radius 2 is 1.81 bits per heavy atom. The average Bonchev–Trinajstić information content (AvgIpc) is 2.93. The van der Waals surface area contributed by atoms with Crippen LogP contribution in [0.5, 0.6) is 0 Å². The van der Waals surface area contributed by atoms with Crippen molar-refractivity contribution in [2.45, 2.75) is 129 Å². The molecule has 240 valence electrons. The van der Waals surface area contributed by atoms with E-state index in [0.717, 1.165) is 32.1 Å². The zero-order chi connectivity index (χ0) is 31.3. The van der Waals surface area contributed by atoms with Gasteiger partial charge in [0.2, 0.25) is 5.79 Å². The highest BCUT2D eigenvalue weighted by Crippen LogP contribution is 2.46. The summed E-state index contributed by atoms with van der Waals surface area (Å²) in [5.74, 6) is -4.00. The van der Waals surface area contributed by atoms with Crippen molar-refractivity contribution in [1.29, 1.82) is 0 Å². The highest BCUT2D eigenvalue weighted by molar-refractivity contribution is 5.83. The lowest BCUT2D eigenvalue weighted by atomic mass is 9.74. The van der Waals surface area contributed by atoms with E-state index in [2.05, 4.69) is 6.92 Å². The number of esters is 3. The lowest BCUT2D eigenvalue weighted by molar-refractivity contribution is -0.327. The number of methoxy groups -OCH3 is 1. The van der Waals surface area contributed by atoms with E-state index >= 15 is 0 Å². The summed E-state index contributed by atoms with van der Waals surface area (Å²) in [6.45, 7) is 9.29. The molecule has 2 aliphatic rings. The third-order valence-electron chi connectivity index (χ3n) is 7.54. The summed E-state index contributed by atoms with van der Waals surface area (Å²) in [4.78, 5) is 37.2. The van der Waals surface area contributed by atoms with E-state index in [1.165, 1.54) is 27.0 Å². The van der Waals surface area contributed by atoms with Gasteiger partial charge in [0, 0.05) is 31.3 Å². The van der Waals surface area contributed by atoms with Gasteiger partial charge >= 0.3 is 17.9 Å². The topological polar surface area (TPSA) is 147 Å². The van der Waals surface area contributed by atoms with E-state index in [0.29, 0.717) is 19.6 Å². The molecule has 0 spiro atoms. The molecule has 0 saturated carbocycles. The molecule has 0 aliphatic carbocycles. The number of ether oxygens (including phenoxy) is 6. The van der Waals surface area contributed by atoms with E-state index in [4.69, 9.17) is 28.4 Å². The average molecular weight is 599 g/mol. The summed E-state index contributed by atoms with van der Waals surface area (Å²) in [6, 6.07) is 0. The highest BCUT2D eigenvalue weighted by atomic mass is 16.7. The van der Waals surface area contributed by atoms with E-state index in [1.807, 2.05) is 0 Å². The van der Waals surface area contributed by atoms with Crippen LogP contribution in [0.25, 0.3) is 0 Å². The molecule has 42 heavy (non-hydrogen) atoms. The van der Waals surface area contributed by atoms with Gasteiger partial charge in [-0.3, -0.25) is 9.59 Å². The minimum atomic E-state index is -2.18. The standard InChI is InChI=1S/C31H50O11/c1-7-8-9-10-11-13-26(34)41-29-23(19-27(35)37-6)18-24(20-25(21(2)32)40-22(3)33)42-31(29,36)30(4,5)15-14-28-38-16-12-17-39-28/h14-15,19,21,24-25,28-29,32,36H,7-13,16-18,20H2,1-6H3/b15-14+,23-19+/t21-,24+,25-,29+,31-/m1/s1. The van der Waals surface area contributed by atoms with Gasteiger partial charge in [0.1, 0.15) is 6.10 Å². The number of hydrogen-bond donors (Lipinski definition) is 2. The van der Waals surface area contributed by atoms with Crippen molar-refractivity contribution >= 4 is 17.9 Å². The van der Waals surface area contributed by atoms with E-state index in [-0.39, 0.29) is 24.8 Å². The molecule has 2 fully saturated rings. The fourth-order valence-corrected chi connectivity index (χ4v) is 5.04. The van der Waals surface area contributed by atoms with Gasteiger partial charge in [-0.1, -0.05) is 52.5 Å². The molecule has 11 heteroatoms. The first kappa shape index (κ1) is 35.9. The van der Waals surface area contributed by atoms with Crippen molar-refractivity contribution in [3.05, 3.63) is 23.8 Å². The summed E-state index contributed by atoms with van der Waals surface area (Å²) >= 11 is 0. The Hall–Kier alpha value is -2.31. The van der Waals surface area contributed by atoms with Gasteiger partial charge in [-0.25, -0.2) is 4.79 Å². The summed E-state index contributed by atoms with van der Waals surface area (Å²) in [7, 11) is 1.22. The second-order valence-corrected chi connectivity index (χ2v) is 11.6. The second kappa shape index (κ2) is 17.1. The van der Waals surface area contributed by atoms with Crippen LogP contribution < -0.4 is 0 Å². The molecule has 0 amide bonds. The molecule has 0 unspecified atom stereocenters. The molecule has 0 bridgehead atoms. The Kier molecular flexibility index (Phi) is 14.6. The molecule has 2 N–H and O–H groups in total. The molecule has 0 aromatic rings. The molecule has 5 atom stereocenters. The van der Waals surface area contributed by atoms with Crippen LogP contribution in [-0.2, 0) is 42.8 Å². The number of aliphatic hydroxyl groups is 2. The summed E-state index contributed by atoms with van der Waals surface area (Å²) in [5.41, 5.74) is -0.947. The minimum absolute atomic E-state index is 0.00477. The van der Waals surface area contributed by atoms with E-state index in [1.54, 1.807) is 26.0 Å². The van der Waals surface area contributed by atoms with Crippen molar-refractivity contribution in [2.24, 2.45) is 5.41 Å². The monoisotopic (exact) mass is 598 g/mol. The smallest absolute Gasteiger partial charge is 0.330 e. The molecule has 2 aliphatic heterocycles. The first-order valence-electron chi connectivity index (χ1n) is 15.0. The van der Waals surface area contributed by atoms with Crippen LogP contribution in [0, 0.1) is 5.41 Å². The van der Waals surface area contributed by atoms with E-state index < -0.39 is 59.8 Å². The van der Waals surface area contributed by atoms with Crippen molar-refractivity contribution in [2.75, 3.05) is 20.3 Å². The normalized spacial score (nSPS) is 26.1. The molecule has 2 saturated heterocycles. The lowest BCUT2D eigenvalue weighted by Crippen LogP contribution is -2.62. The number of carbonyl (C=O) groups is 3. The summed E-state index contributed by atoms with van der Waals surface area (Å²) in [6.07, 6.45) is 5.35. The Bertz CT molecular complexity index is 935. The zero-order valence-electron chi connectivity index (χ0n) is 26.0. The Morgan fingerprint density at radius 1 is 1.14 bits per heavy atom. The van der Waals surface area contributed by atoms with Gasteiger partial charge in [0.15, 0.2) is 12.4 Å². The molecule has 2 rings (SSSR count). The fourth-order valence-electron chi connectivity index (χ4n) is 5.04. The maximum atomic E-state index is 13.1. The maximum absolute atomic E-state index is 13.1. The van der Waals surface area contributed by atoms with Gasteiger partial charge in [-0.05, 0) is 37.8 Å². The lowest BCUT2D eigenvalue weighted by Gasteiger charge is -2.51. The van der Waals surface area contributed by atoms with Crippen molar-refractivity contribution in [1.82, 2.24) is 0 Å². The minimum Gasteiger partial charge on any atom is -0.466 e. The largest absolute Gasteiger partial charge is 0.466 e. The molecule has 0 radical (unpaired) electrons. The van der Waals surface area contributed by atoms with Crippen LogP contribution in [0.15, 0.2) is 23.8 Å². The summed E-state index contributed by atoms with van der Waals surface area (Å²) in [5, 5.41) is 22.6. The second-order valence-electron chi connectivity index (χ2n) is 11.6. The van der Waals surface area contributed by atoms with E-state index in [9.17, 15) is 24.6 Å². The molecule has 2 heterocycles. The highest BCUT2D eigenvalue weighted by Gasteiger charge is 2.57. The molecule has 0 aromatic heterocycles. The van der Waals surface area contributed by atoms with Crippen LogP contribution in [0.4, 0.5) is 0 Å². The van der Waals surface area contributed by atoms with Crippen LogP contribution in [-0.4, -0.2) is 84.9 Å². The molecular weight excluding hydrogens is 548 g/mol. The predicted octanol–water partition coefficient (Wildman–Crippen LogP) is 3.88. The number of aliphatic hydroxyl groups excluding tert-OH is 1. The number of hydrogen-bond acceptors (Lipinski definition) is 11. The third-order valence-corrected chi connectivity index (χ3v) is 7.54. The first-order valence-corrected chi connectivity index (χ1v) is 15.0. The number of carbonyl (C=O) groups excluding carboxylic acids is 3. The van der Waals surface area contributed by atoms with Gasteiger partial charge in [-0.15, -0.1) is 0 Å². The molecular formula is C31H50O11. The van der Waals surface area contributed by atoms with Gasteiger partial charge < -0.3 is 38.6 Å². The quantitative estimate of drug-likeness (QED) is 0.0930. The fraction of sp³-hybridized carbons (Fsp3) is 0.774. The van der Waals surface area contributed by atoms with Crippen molar-refractivity contribution < 1.29 is 53.0 Å². The third kappa shape index (κ3) is 10.8. The van der Waals surface area contributed by atoms with Gasteiger partial charge in [0.05, 0.1) is 32.5 Å². The maximum Gasteiger partial charge on any atom is 0.330 e. The van der Waals surface area contributed by atoms with Gasteiger partial charge in [0.25, 0.3) is 0 Å². The van der Waals surface area contributed by atoms with Crippen molar-refractivity contribution in [3.63, 3.8) is 0 Å². The van der Waals surface area contributed by atoms with Crippen molar-refractivity contribution in [3.8, 4) is 0 Å². The van der Waals surface area contributed by atoms with Crippen LogP contribution in [0.1, 0.15) is 92.4 Å². The first-order chi connectivity index (χ1) is 19.8. The molecule has 11 nitrogen and oxygen atoms in total. The predicted molar refractivity (Wildman–Crippen MR) is 153 cm³/mol. The number of rotatable bonds is 15. The van der Waals surface area contributed by atoms with Crippen LogP contribution in [0.2, 0.25) is 0 Å². The number of unbranched alkanes of at least 4 members (excludes halogenated alkanes) is 4. The Labute approximate surface area is 249 Å². The van der Waals surface area contributed by atoms with Crippen LogP contribution >= 0.6 is 0 Å². The Morgan fingerprint density at radius 3 is 2.40 bits per heavy atom. The zero-order valence-corrected chi connectivity index (χ0v) is 26.0.